The zero-order chi connectivity index (χ0) is 85.6. The van der Waals surface area contributed by atoms with Gasteiger partial charge in [-0.1, -0.05) is 50.6 Å². The maximum atomic E-state index is 14.3. The first-order valence-corrected chi connectivity index (χ1v) is 37.0. The summed E-state index contributed by atoms with van der Waals surface area (Å²) in [5, 5.41) is 34.8. The van der Waals surface area contributed by atoms with Crippen LogP contribution in [0.25, 0.3) is 0 Å². The highest BCUT2D eigenvalue weighted by Gasteiger charge is 2.24. The topological polar surface area (TPSA) is 391 Å². The Bertz CT molecular complexity index is 5670. The lowest BCUT2D eigenvalue weighted by Gasteiger charge is -2.19. The highest BCUT2D eigenvalue weighted by molar-refractivity contribution is 6.03. The van der Waals surface area contributed by atoms with Crippen molar-refractivity contribution >= 4 is 145 Å². The van der Waals surface area contributed by atoms with Gasteiger partial charge in [0.05, 0.1) is 74.1 Å². The molecule has 36 heteroatoms. The lowest BCUT2D eigenvalue weighted by molar-refractivity contribution is -0.114. The molecule has 12 aromatic rings. The first kappa shape index (κ1) is 85.7. The number of halogens is 4. The summed E-state index contributed by atoms with van der Waals surface area (Å²) in [6.07, 6.45) is 13.0. The number of carbonyl (C=O) groups is 4. The van der Waals surface area contributed by atoms with Crippen LogP contribution < -0.4 is 87.6 Å². The zero-order valence-electron chi connectivity index (χ0n) is 65.5. The van der Waals surface area contributed by atoms with Gasteiger partial charge in [0.2, 0.25) is 59.2 Å². The number of hydrogen-bond acceptors (Lipinski definition) is 28. The number of aromatic nitrogens is 10. The van der Waals surface area contributed by atoms with Gasteiger partial charge < -0.3 is 92.4 Å². The maximum Gasteiger partial charge on any atom is 0.250 e. The summed E-state index contributed by atoms with van der Waals surface area (Å²) < 4.78 is 83.5. The Morgan fingerprint density at radius 3 is 1.31 bits per heavy atom. The second-order valence-electron chi connectivity index (χ2n) is 25.7. The molecule has 14 rings (SSSR count). The van der Waals surface area contributed by atoms with E-state index in [0.29, 0.717) is 101 Å². The molecule has 8 heterocycles. The van der Waals surface area contributed by atoms with Gasteiger partial charge in [-0.3, -0.25) is 19.2 Å². The van der Waals surface area contributed by atoms with E-state index < -0.39 is 23.3 Å². The van der Waals surface area contributed by atoms with E-state index in [1.165, 1.54) is 31.4 Å². The third-order valence-corrected chi connectivity index (χ3v) is 16.5. The van der Waals surface area contributed by atoms with Crippen molar-refractivity contribution in [3.63, 3.8) is 0 Å². The van der Waals surface area contributed by atoms with Crippen molar-refractivity contribution in [2.24, 2.45) is 0 Å². The Balaban J connectivity index is 0.000000158. The number of ether oxygens (including phenoxy) is 5. The van der Waals surface area contributed by atoms with E-state index in [1.807, 2.05) is 44.2 Å². The predicted molar refractivity (Wildman–Crippen MR) is 458 cm³/mol. The molecule has 2 aliphatic heterocycles. The molecule has 32 nitrogen and oxygen atoms in total. The smallest absolute Gasteiger partial charge is 0.250 e. The quantitative estimate of drug-likeness (QED) is 0.0113. The summed E-state index contributed by atoms with van der Waals surface area (Å²) >= 11 is 0. The van der Waals surface area contributed by atoms with E-state index in [1.54, 1.807) is 152 Å². The van der Waals surface area contributed by atoms with E-state index >= 15 is 0 Å². The molecule has 121 heavy (non-hydrogen) atoms. The molecule has 0 radical (unpaired) electrons. The van der Waals surface area contributed by atoms with Crippen LogP contribution >= 0.6 is 0 Å². The number of carbonyl (C=O) groups excluding carboxylic acids is 4. The third kappa shape index (κ3) is 25.7. The summed E-state index contributed by atoms with van der Waals surface area (Å²) in [5.74, 6) is -0.375. The fourth-order valence-electron chi connectivity index (χ4n) is 11.0. The number of hydrogen-bond donors (Lipinski definition) is 12. The fourth-order valence-corrected chi connectivity index (χ4v) is 11.0. The van der Waals surface area contributed by atoms with Gasteiger partial charge in [-0.05, 0) is 171 Å². The Hall–Kier alpha value is -16.1. The standard InChI is InChI=1S/C22H22FN5O3.2C21H19FN6O2.C21H21FN6O2/c1-3-20(29)25-16-5-4-6-17(13-16)26-21-19(23)14-24-22(28-21)27-15-7-9-18(10-8-15)31-12-11-30-2;1-3-19(29)28-9-8-13-4-5-14(10-17(13)28)25-20-16(22)12-24-21(27-20)26-15-6-7-18(30-2)23-11-15;1-2-19(29)25-13-4-3-5-14(10-13)26-20-16(22)12-24-21(28-20)27-15-6-7-18-17(11-15)23-8-9-30-18;1-4-18(29)25-14-6-5-7-15(10-14)26-20-17(22)12-24-21(28-20)27-16-8-9-19(23-11-16)30-13(2)3/h3-10,13-14H,1,11-12H2,2H3,(H,25,29)(H2,24,26,27,28);3-7,10-12H,1,8-9H2,2H3,(H2,24,25,26,27);2-7,10-12,23H,1,8-9H2,(H,25,29)(H2,24,26,27,28);4-13H,1H2,2-3H3,(H,25,29)(H2,24,26,27,28). The van der Waals surface area contributed by atoms with Gasteiger partial charge in [0.25, 0.3) is 0 Å². The van der Waals surface area contributed by atoms with Crippen molar-refractivity contribution in [2.45, 2.75) is 26.4 Å². The molecule has 618 valence electrons. The number of amides is 4. The SMILES string of the molecule is C=CC(=O)N1CCc2ccc(Nc3nc(Nc4ccc(OC)nc4)ncc3F)cc21.C=CC(=O)Nc1cccc(Nc2nc(Nc3ccc(OC(C)C)nc3)ncc2F)c1.C=CC(=O)Nc1cccc(Nc2nc(Nc3ccc(OCCOC)cc3)ncc2F)c1.C=CC(=O)Nc1cccc(Nc2nc(Nc3ccc4c(c3)NCCO4)ncc2F)c1. The number of rotatable bonds is 30. The Kier molecular flexibility index (Phi) is 30.1. The monoisotopic (exact) mass is 1640 g/mol. The highest BCUT2D eigenvalue weighted by atomic mass is 19.1. The predicted octanol–water partition coefficient (Wildman–Crippen LogP) is 16.3. The average Bonchev–Trinajstić information content (AvgIpc) is 1.67. The average molecular weight is 1640 g/mol. The molecule has 6 aromatic carbocycles. The molecule has 4 amide bonds. The van der Waals surface area contributed by atoms with Crippen molar-refractivity contribution in [1.29, 1.82) is 0 Å². The van der Waals surface area contributed by atoms with Gasteiger partial charge in [0, 0.05) is 89.2 Å². The molecule has 0 bridgehead atoms. The number of fused-ring (bicyclic) bond motifs is 2. The van der Waals surface area contributed by atoms with Crippen molar-refractivity contribution in [1.82, 2.24) is 49.8 Å². The molecule has 0 unspecified atom stereocenters. The van der Waals surface area contributed by atoms with E-state index in [4.69, 9.17) is 23.7 Å². The second kappa shape index (κ2) is 42.5. The molecule has 0 aliphatic carbocycles. The minimum absolute atomic E-state index is 0.000819. The van der Waals surface area contributed by atoms with Crippen molar-refractivity contribution < 1.29 is 60.4 Å². The van der Waals surface area contributed by atoms with Gasteiger partial charge in [-0.15, -0.1) is 0 Å². The highest BCUT2D eigenvalue weighted by Crippen LogP contribution is 2.35. The maximum absolute atomic E-state index is 14.3. The van der Waals surface area contributed by atoms with Gasteiger partial charge >= 0.3 is 0 Å². The molecule has 0 saturated carbocycles. The number of nitrogens with zero attached hydrogens (tertiary/aromatic N) is 11. The van der Waals surface area contributed by atoms with E-state index in [0.717, 1.165) is 66.1 Å². The van der Waals surface area contributed by atoms with Gasteiger partial charge in [-0.2, -0.15) is 19.9 Å². The van der Waals surface area contributed by atoms with E-state index in [9.17, 15) is 36.7 Å². The minimum Gasteiger partial charge on any atom is -0.491 e. The summed E-state index contributed by atoms with van der Waals surface area (Å²) in [6.45, 7) is 20.5. The van der Waals surface area contributed by atoms with Crippen LogP contribution in [0.5, 0.6) is 23.3 Å². The van der Waals surface area contributed by atoms with Crippen LogP contribution in [0, 0.1) is 23.3 Å². The molecule has 0 saturated heterocycles. The lowest BCUT2D eigenvalue weighted by atomic mass is 10.1. The molecule has 0 spiro atoms. The normalized spacial score (nSPS) is 11.2. The number of methoxy groups -OCH3 is 2. The summed E-state index contributed by atoms with van der Waals surface area (Å²) in [4.78, 5) is 89.0. The van der Waals surface area contributed by atoms with Crippen LogP contribution in [-0.2, 0) is 30.3 Å². The molecular weight excluding hydrogens is 1560 g/mol. The number of pyridine rings is 2. The van der Waals surface area contributed by atoms with Crippen LogP contribution in [0.1, 0.15) is 19.4 Å². The first-order chi connectivity index (χ1) is 58.7. The van der Waals surface area contributed by atoms with Crippen molar-refractivity contribution in [3.8, 4) is 23.3 Å². The second-order valence-corrected chi connectivity index (χ2v) is 25.7. The van der Waals surface area contributed by atoms with Crippen LogP contribution in [0.15, 0.2) is 246 Å². The molecule has 12 N–H and O–H groups in total. The minimum atomic E-state index is -0.625. The van der Waals surface area contributed by atoms with E-state index in [-0.39, 0.29) is 76.8 Å². The number of benzene rings is 6. The van der Waals surface area contributed by atoms with Gasteiger partial charge in [0.15, 0.2) is 46.5 Å². The van der Waals surface area contributed by atoms with Crippen LogP contribution in [-0.4, -0.2) is 127 Å². The summed E-state index contributed by atoms with van der Waals surface area (Å²) in [5.41, 5.74) is 9.25. The number of nitrogens with one attached hydrogen (secondary N) is 12. The third-order valence-electron chi connectivity index (χ3n) is 16.5. The molecule has 0 atom stereocenters. The fraction of sp³-hybridized carbons (Fsp3) is 0.129. The molecule has 0 fully saturated rings. The van der Waals surface area contributed by atoms with E-state index in [2.05, 4.69) is 140 Å². The first-order valence-electron chi connectivity index (χ1n) is 37.0. The van der Waals surface area contributed by atoms with Gasteiger partial charge in [0.1, 0.15) is 24.7 Å². The molecule has 6 aromatic heterocycles. The number of anilines is 21. The van der Waals surface area contributed by atoms with Crippen molar-refractivity contribution in [3.05, 3.63) is 274 Å². The summed E-state index contributed by atoms with van der Waals surface area (Å²) in [6, 6.07) is 45.6. The van der Waals surface area contributed by atoms with Gasteiger partial charge in [-0.25, -0.2) is 47.5 Å². The summed E-state index contributed by atoms with van der Waals surface area (Å²) in [7, 11) is 3.14. The molecule has 2 aliphatic rings. The van der Waals surface area contributed by atoms with Crippen LogP contribution in [0.3, 0.4) is 0 Å². The zero-order valence-corrected chi connectivity index (χ0v) is 65.5. The Morgan fingerprint density at radius 1 is 0.463 bits per heavy atom. The lowest BCUT2D eigenvalue weighted by Crippen LogP contribution is -2.26. The molecular formula is C85H81F4N23O9. The van der Waals surface area contributed by atoms with Crippen LogP contribution in [0.2, 0.25) is 0 Å². The Labute approximate surface area is 691 Å². The van der Waals surface area contributed by atoms with Crippen molar-refractivity contribution in [2.75, 3.05) is 116 Å². The Morgan fingerprint density at radius 2 is 0.876 bits per heavy atom. The van der Waals surface area contributed by atoms with Crippen LogP contribution in [0.4, 0.5) is 139 Å². The largest absolute Gasteiger partial charge is 0.491 e.